The van der Waals surface area contributed by atoms with E-state index < -0.39 is 5.79 Å². The maximum Gasteiger partial charge on any atom is 0.274 e. The predicted molar refractivity (Wildman–Crippen MR) is 61.8 cm³/mol. The Morgan fingerprint density at radius 2 is 1.94 bits per heavy atom. The molecule has 6 nitrogen and oxygen atoms in total. The molecule has 1 aromatic heterocycles. The van der Waals surface area contributed by atoms with Gasteiger partial charge in [0.2, 0.25) is 0 Å². The van der Waals surface area contributed by atoms with E-state index in [4.69, 9.17) is 9.47 Å². The summed E-state index contributed by atoms with van der Waals surface area (Å²) in [5, 5.41) is 0. The minimum Gasteiger partial charge on any atom is -0.347 e. The smallest absolute Gasteiger partial charge is 0.274 e. The summed E-state index contributed by atoms with van der Waals surface area (Å²) in [6.45, 7) is 2.57. The second-order valence-corrected chi connectivity index (χ2v) is 4.49. The van der Waals surface area contributed by atoms with Gasteiger partial charge in [-0.1, -0.05) is 0 Å². The number of piperidine rings is 1. The molecule has 2 fully saturated rings. The zero-order valence-corrected chi connectivity index (χ0v) is 10.0. The normalized spacial score (nSPS) is 22.3. The van der Waals surface area contributed by atoms with Crippen molar-refractivity contribution in [1.82, 2.24) is 14.9 Å². The van der Waals surface area contributed by atoms with E-state index in [0.29, 0.717) is 32.0 Å². The summed E-state index contributed by atoms with van der Waals surface area (Å²) in [4.78, 5) is 21.9. The van der Waals surface area contributed by atoms with Crippen molar-refractivity contribution in [3.05, 3.63) is 24.3 Å². The summed E-state index contributed by atoms with van der Waals surface area (Å²) < 4.78 is 11.3. The van der Waals surface area contributed by atoms with E-state index >= 15 is 0 Å². The van der Waals surface area contributed by atoms with Crippen LogP contribution in [0.15, 0.2) is 18.6 Å². The molecular formula is C12H15N3O3. The van der Waals surface area contributed by atoms with E-state index in [9.17, 15) is 4.79 Å². The first kappa shape index (κ1) is 11.6. The number of rotatable bonds is 1. The average Bonchev–Trinajstić information content (AvgIpc) is 2.88. The van der Waals surface area contributed by atoms with Gasteiger partial charge < -0.3 is 14.4 Å². The van der Waals surface area contributed by atoms with Crippen LogP contribution in [0.4, 0.5) is 0 Å². The number of ether oxygens (including phenoxy) is 2. The van der Waals surface area contributed by atoms with E-state index in [1.807, 2.05) is 0 Å². The molecule has 3 heterocycles. The van der Waals surface area contributed by atoms with Gasteiger partial charge >= 0.3 is 0 Å². The van der Waals surface area contributed by atoms with Crippen LogP contribution in [0.1, 0.15) is 23.3 Å². The molecule has 0 N–H and O–H groups in total. The third kappa shape index (κ3) is 2.09. The van der Waals surface area contributed by atoms with Crippen molar-refractivity contribution < 1.29 is 14.3 Å². The van der Waals surface area contributed by atoms with E-state index in [-0.39, 0.29) is 5.91 Å². The maximum absolute atomic E-state index is 12.1. The van der Waals surface area contributed by atoms with Crippen molar-refractivity contribution in [2.24, 2.45) is 0 Å². The molecule has 2 aliphatic rings. The Morgan fingerprint density at radius 3 is 2.56 bits per heavy atom. The fourth-order valence-electron chi connectivity index (χ4n) is 2.41. The lowest BCUT2D eigenvalue weighted by Crippen LogP contribution is -2.47. The summed E-state index contributed by atoms with van der Waals surface area (Å²) in [5.74, 6) is -0.518. The molecule has 6 heteroatoms. The molecule has 0 saturated carbocycles. The molecule has 0 radical (unpaired) electrons. The molecule has 0 aromatic carbocycles. The molecule has 0 unspecified atom stereocenters. The zero-order valence-electron chi connectivity index (χ0n) is 10.0. The SMILES string of the molecule is O=C(c1cnccn1)N1CCC2(CC1)OCCO2. The highest BCUT2D eigenvalue weighted by atomic mass is 16.7. The molecule has 18 heavy (non-hydrogen) atoms. The quantitative estimate of drug-likeness (QED) is 0.723. The largest absolute Gasteiger partial charge is 0.347 e. The van der Waals surface area contributed by atoms with Crippen molar-refractivity contribution in [3.8, 4) is 0 Å². The lowest BCUT2D eigenvalue weighted by Gasteiger charge is -2.37. The Morgan fingerprint density at radius 1 is 1.22 bits per heavy atom. The summed E-state index contributed by atoms with van der Waals surface area (Å²) in [5.41, 5.74) is 0.390. The van der Waals surface area contributed by atoms with Crippen LogP contribution in [-0.2, 0) is 9.47 Å². The molecule has 3 rings (SSSR count). The molecule has 0 bridgehead atoms. The van der Waals surface area contributed by atoms with Crippen LogP contribution in [-0.4, -0.2) is 52.9 Å². The van der Waals surface area contributed by atoms with Gasteiger partial charge in [0.1, 0.15) is 5.69 Å². The van der Waals surface area contributed by atoms with Crippen LogP contribution in [0.3, 0.4) is 0 Å². The molecule has 1 amide bonds. The van der Waals surface area contributed by atoms with Gasteiger partial charge in [-0.15, -0.1) is 0 Å². The zero-order chi connectivity index (χ0) is 12.4. The Hall–Kier alpha value is -1.53. The second-order valence-electron chi connectivity index (χ2n) is 4.49. The van der Waals surface area contributed by atoms with Gasteiger partial charge in [-0.2, -0.15) is 0 Å². The summed E-state index contributed by atoms with van der Waals surface area (Å²) in [6, 6.07) is 0. The topological polar surface area (TPSA) is 64.6 Å². The fraction of sp³-hybridized carbons (Fsp3) is 0.583. The van der Waals surface area contributed by atoms with E-state index in [1.165, 1.54) is 12.4 Å². The number of carbonyl (C=O) groups is 1. The summed E-state index contributed by atoms with van der Waals surface area (Å²) in [6.07, 6.45) is 6.03. The minimum absolute atomic E-state index is 0.0732. The van der Waals surface area contributed by atoms with Crippen LogP contribution >= 0.6 is 0 Å². The van der Waals surface area contributed by atoms with Gasteiger partial charge in [-0.3, -0.25) is 9.78 Å². The number of nitrogens with zero attached hydrogens (tertiary/aromatic N) is 3. The molecular weight excluding hydrogens is 234 g/mol. The van der Waals surface area contributed by atoms with Crippen molar-refractivity contribution in [3.63, 3.8) is 0 Å². The third-order valence-corrected chi connectivity index (χ3v) is 3.41. The Labute approximate surface area is 105 Å². The highest BCUT2D eigenvalue weighted by molar-refractivity contribution is 5.92. The van der Waals surface area contributed by atoms with Crippen molar-refractivity contribution in [2.75, 3.05) is 26.3 Å². The number of likely N-dealkylation sites (tertiary alicyclic amines) is 1. The molecule has 1 spiro atoms. The van der Waals surface area contributed by atoms with Gasteiger partial charge in [0.15, 0.2) is 5.79 Å². The van der Waals surface area contributed by atoms with Crippen molar-refractivity contribution in [1.29, 1.82) is 0 Å². The predicted octanol–water partition coefficient (Wildman–Crippen LogP) is 0.456. The monoisotopic (exact) mass is 249 g/mol. The summed E-state index contributed by atoms with van der Waals surface area (Å²) in [7, 11) is 0. The molecule has 2 aliphatic heterocycles. The van der Waals surface area contributed by atoms with Gasteiger partial charge in [-0.25, -0.2) is 4.98 Å². The molecule has 96 valence electrons. The van der Waals surface area contributed by atoms with Crippen LogP contribution < -0.4 is 0 Å². The average molecular weight is 249 g/mol. The maximum atomic E-state index is 12.1. The van der Waals surface area contributed by atoms with Crippen LogP contribution in [0, 0.1) is 0 Å². The highest BCUT2D eigenvalue weighted by Gasteiger charge is 2.40. The summed E-state index contributed by atoms with van der Waals surface area (Å²) >= 11 is 0. The lowest BCUT2D eigenvalue weighted by atomic mass is 10.0. The Kier molecular flexibility index (Phi) is 2.97. The first-order valence-corrected chi connectivity index (χ1v) is 6.12. The second kappa shape index (κ2) is 4.62. The standard InChI is InChI=1S/C12H15N3O3/c16-11(10-9-13-3-4-14-10)15-5-1-12(2-6-15)17-7-8-18-12/h3-4,9H,1-2,5-8H2. The molecule has 1 aromatic rings. The Balaban J connectivity index is 1.64. The van der Waals surface area contributed by atoms with Crippen molar-refractivity contribution >= 4 is 5.91 Å². The van der Waals surface area contributed by atoms with Crippen LogP contribution in [0.5, 0.6) is 0 Å². The third-order valence-electron chi connectivity index (χ3n) is 3.41. The van der Waals surface area contributed by atoms with E-state index in [0.717, 1.165) is 12.8 Å². The van der Waals surface area contributed by atoms with Crippen molar-refractivity contribution in [2.45, 2.75) is 18.6 Å². The number of carbonyl (C=O) groups excluding carboxylic acids is 1. The first-order chi connectivity index (χ1) is 8.79. The van der Waals surface area contributed by atoms with Gasteiger partial charge in [0.05, 0.1) is 19.4 Å². The van der Waals surface area contributed by atoms with Gasteiger partial charge in [-0.05, 0) is 0 Å². The number of amides is 1. The highest BCUT2D eigenvalue weighted by Crippen LogP contribution is 2.31. The van der Waals surface area contributed by atoms with Crippen LogP contribution in [0.25, 0.3) is 0 Å². The molecule has 2 saturated heterocycles. The number of hydrogen-bond donors (Lipinski definition) is 0. The van der Waals surface area contributed by atoms with E-state index in [1.54, 1.807) is 11.1 Å². The number of aromatic nitrogens is 2. The molecule has 0 aliphatic carbocycles. The van der Waals surface area contributed by atoms with Gasteiger partial charge in [0, 0.05) is 38.3 Å². The first-order valence-electron chi connectivity index (χ1n) is 6.12. The van der Waals surface area contributed by atoms with Crippen LogP contribution in [0.2, 0.25) is 0 Å². The molecule has 0 atom stereocenters. The number of hydrogen-bond acceptors (Lipinski definition) is 5. The lowest BCUT2D eigenvalue weighted by molar-refractivity contribution is -0.181. The fourth-order valence-corrected chi connectivity index (χ4v) is 2.41. The van der Waals surface area contributed by atoms with Gasteiger partial charge in [0.25, 0.3) is 5.91 Å². The Bertz CT molecular complexity index is 421. The van der Waals surface area contributed by atoms with E-state index in [2.05, 4.69) is 9.97 Å². The minimum atomic E-state index is -0.445.